The third kappa shape index (κ3) is 3.00. The predicted octanol–water partition coefficient (Wildman–Crippen LogP) is 2.10. The minimum atomic E-state index is -0.136. The fourth-order valence-corrected chi connectivity index (χ4v) is 2.14. The van der Waals surface area contributed by atoms with E-state index in [0.717, 1.165) is 17.5 Å². The van der Waals surface area contributed by atoms with Crippen LogP contribution in [0.2, 0.25) is 0 Å². The van der Waals surface area contributed by atoms with Crippen LogP contribution in [0.15, 0.2) is 30.3 Å². The number of rotatable bonds is 6. The molecule has 0 spiro atoms. The third-order valence-electron chi connectivity index (χ3n) is 3.18. The highest BCUT2D eigenvalue weighted by atomic mass is 16.5. The summed E-state index contributed by atoms with van der Waals surface area (Å²) in [6.45, 7) is 1.04. The number of benzene rings is 1. The van der Waals surface area contributed by atoms with E-state index in [9.17, 15) is 15.0 Å². The van der Waals surface area contributed by atoms with Crippen molar-refractivity contribution in [2.24, 2.45) is 0 Å². The van der Waals surface area contributed by atoms with Crippen LogP contribution in [0.5, 0.6) is 11.5 Å². The van der Waals surface area contributed by atoms with Gasteiger partial charge in [0.05, 0.1) is 12.3 Å². The van der Waals surface area contributed by atoms with Gasteiger partial charge < -0.3 is 19.5 Å². The van der Waals surface area contributed by atoms with Gasteiger partial charge in [-0.1, -0.05) is 6.07 Å². The van der Waals surface area contributed by atoms with Crippen LogP contribution in [0, 0.1) is 0 Å². The summed E-state index contributed by atoms with van der Waals surface area (Å²) in [6.07, 6.45) is 1.45. The molecule has 0 radical (unpaired) electrons. The first-order valence-corrected chi connectivity index (χ1v) is 6.29. The van der Waals surface area contributed by atoms with Gasteiger partial charge in [-0.3, -0.25) is 4.79 Å². The van der Waals surface area contributed by atoms with Gasteiger partial charge in [0.25, 0.3) is 0 Å². The van der Waals surface area contributed by atoms with Gasteiger partial charge in [-0.25, -0.2) is 0 Å². The van der Waals surface area contributed by atoms with Crippen LogP contribution in [-0.2, 0) is 24.3 Å². The number of nitrogens with zero attached hydrogens (tertiary/aromatic N) is 1. The SMILES string of the molecule is COCc1ccc(C=O)n1CCc1ccc(O)c(O)c1. The Kier molecular flexibility index (Phi) is 4.42. The molecular weight excluding hydrogens is 258 g/mol. The molecule has 1 aromatic heterocycles. The fraction of sp³-hybridized carbons (Fsp3) is 0.267. The quantitative estimate of drug-likeness (QED) is 0.625. The molecule has 2 rings (SSSR count). The Morgan fingerprint density at radius 1 is 1.20 bits per heavy atom. The highest BCUT2D eigenvalue weighted by molar-refractivity contribution is 5.72. The van der Waals surface area contributed by atoms with Crippen molar-refractivity contribution < 1.29 is 19.7 Å². The maximum atomic E-state index is 11.0. The van der Waals surface area contributed by atoms with E-state index in [-0.39, 0.29) is 11.5 Å². The number of hydrogen-bond acceptors (Lipinski definition) is 4. The molecule has 20 heavy (non-hydrogen) atoms. The number of phenols is 2. The summed E-state index contributed by atoms with van der Waals surface area (Å²) in [5, 5.41) is 18.7. The Balaban J connectivity index is 2.15. The number of carbonyl (C=O) groups excluding carboxylic acids is 1. The molecule has 0 amide bonds. The smallest absolute Gasteiger partial charge is 0.166 e. The second kappa shape index (κ2) is 6.25. The van der Waals surface area contributed by atoms with Crippen LogP contribution in [0.3, 0.4) is 0 Å². The van der Waals surface area contributed by atoms with Gasteiger partial charge in [0.15, 0.2) is 17.8 Å². The number of aryl methyl sites for hydroxylation is 1. The molecule has 1 heterocycles. The molecule has 106 valence electrons. The molecule has 2 N–H and O–H groups in total. The van der Waals surface area contributed by atoms with Crippen molar-refractivity contribution >= 4 is 6.29 Å². The first kappa shape index (κ1) is 14.1. The van der Waals surface area contributed by atoms with Crippen LogP contribution in [0.1, 0.15) is 21.7 Å². The molecule has 0 saturated heterocycles. The zero-order valence-corrected chi connectivity index (χ0v) is 11.2. The van der Waals surface area contributed by atoms with Crippen molar-refractivity contribution in [3.05, 3.63) is 47.3 Å². The van der Waals surface area contributed by atoms with Gasteiger partial charge in [-0.15, -0.1) is 0 Å². The Morgan fingerprint density at radius 2 is 2.00 bits per heavy atom. The van der Waals surface area contributed by atoms with Gasteiger partial charge >= 0.3 is 0 Å². The molecule has 0 aliphatic rings. The second-order valence-corrected chi connectivity index (χ2v) is 4.53. The largest absolute Gasteiger partial charge is 0.504 e. The average Bonchev–Trinajstić information content (AvgIpc) is 2.83. The van der Waals surface area contributed by atoms with Gasteiger partial charge in [0.2, 0.25) is 0 Å². The highest BCUT2D eigenvalue weighted by Gasteiger charge is 2.08. The van der Waals surface area contributed by atoms with Crippen LogP contribution >= 0.6 is 0 Å². The van der Waals surface area contributed by atoms with Crippen molar-refractivity contribution in [2.45, 2.75) is 19.6 Å². The average molecular weight is 275 g/mol. The maximum Gasteiger partial charge on any atom is 0.166 e. The number of aldehydes is 1. The summed E-state index contributed by atoms with van der Waals surface area (Å²) in [4.78, 5) is 11.0. The lowest BCUT2D eigenvalue weighted by molar-refractivity contribution is 0.111. The van der Waals surface area contributed by atoms with Crippen molar-refractivity contribution in [3.63, 3.8) is 0 Å². The van der Waals surface area contributed by atoms with E-state index in [1.54, 1.807) is 19.2 Å². The van der Waals surface area contributed by atoms with E-state index in [0.29, 0.717) is 25.3 Å². The van der Waals surface area contributed by atoms with Gasteiger partial charge in [0.1, 0.15) is 0 Å². The fourth-order valence-electron chi connectivity index (χ4n) is 2.14. The molecule has 0 atom stereocenters. The Morgan fingerprint density at radius 3 is 2.65 bits per heavy atom. The zero-order chi connectivity index (χ0) is 14.5. The minimum Gasteiger partial charge on any atom is -0.504 e. The van der Waals surface area contributed by atoms with Crippen molar-refractivity contribution in [1.29, 1.82) is 0 Å². The molecule has 0 aliphatic heterocycles. The normalized spacial score (nSPS) is 10.7. The van der Waals surface area contributed by atoms with Crippen molar-refractivity contribution in [3.8, 4) is 11.5 Å². The number of aromatic nitrogens is 1. The number of ether oxygens (including phenoxy) is 1. The summed E-state index contributed by atoms with van der Waals surface area (Å²) in [7, 11) is 1.61. The topological polar surface area (TPSA) is 71.7 Å². The zero-order valence-electron chi connectivity index (χ0n) is 11.2. The molecule has 0 fully saturated rings. The summed E-state index contributed by atoms with van der Waals surface area (Å²) in [5.74, 6) is -0.272. The summed E-state index contributed by atoms with van der Waals surface area (Å²) >= 11 is 0. The first-order chi connectivity index (χ1) is 9.65. The van der Waals surface area contributed by atoms with E-state index < -0.39 is 0 Å². The molecular formula is C15H17NO4. The monoisotopic (exact) mass is 275 g/mol. The van der Waals surface area contributed by atoms with Crippen LogP contribution in [-0.4, -0.2) is 28.2 Å². The van der Waals surface area contributed by atoms with Crippen molar-refractivity contribution in [2.75, 3.05) is 7.11 Å². The van der Waals surface area contributed by atoms with E-state index in [1.807, 2.05) is 10.6 Å². The number of methoxy groups -OCH3 is 1. The molecule has 0 aliphatic carbocycles. The van der Waals surface area contributed by atoms with E-state index >= 15 is 0 Å². The number of carbonyl (C=O) groups is 1. The lowest BCUT2D eigenvalue weighted by Gasteiger charge is -2.11. The number of phenolic OH excluding ortho intramolecular Hbond substituents is 2. The standard InChI is InChI=1S/C15H17NO4/c1-20-10-13-4-3-12(9-17)16(13)7-6-11-2-5-14(18)15(19)8-11/h2-5,8-9,18-19H,6-7,10H2,1H3. The van der Waals surface area contributed by atoms with Crippen LogP contribution in [0.4, 0.5) is 0 Å². The molecule has 5 heteroatoms. The lowest BCUT2D eigenvalue weighted by Crippen LogP contribution is -2.09. The molecule has 0 saturated carbocycles. The number of aromatic hydroxyl groups is 2. The first-order valence-electron chi connectivity index (χ1n) is 6.29. The highest BCUT2D eigenvalue weighted by Crippen LogP contribution is 2.25. The maximum absolute atomic E-state index is 11.0. The Hall–Kier alpha value is -2.27. The van der Waals surface area contributed by atoms with Gasteiger partial charge in [-0.2, -0.15) is 0 Å². The van der Waals surface area contributed by atoms with Crippen molar-refractivity contribution in [1.82, 2.24) is 4.57 Å². The van der Waals surface area contributed by atoms with Crippen LogP contribution in [0.25, 0.3) is 0 Å². The molecule has 5 nitrogen and oxygen atoms in total. The van der Waals surface area contributed by atoms with Gasteiger partial charge in [0, 0.05) is 19.3 Å². The molecule has 0 unspecified atom stereocenters. The minimum absolute atomic E-state index is 0.136. The molecule has 0 bridgehead atoms. The third-order valence-corrected chi connectivity index (χ3v) is 3.18. The predicted molar refractivity (Wildman–Crippen MR) is 74.0 cm³/mol. The summed E-state index contributed by atoms with van der Waals surface area (Å²) in [5.41, 5.74) is 2.41. The van der Waals surface area contributed by atoms with E-state index in [4.69, 9.17) is 4.74 Å². The lowest BCUT2D eigenvalue weighted by atomic mass is 10.1. The van der Waals surface area contributed by atoms with E-state index in [1.165, 1.54) is 12.1 Å². The van der Waals surface area contributed by atoms with Crippen LogP contribution < -0.4 is 0 Å². The Bertz CT molecular complexity index is 604. The Labute approximate surface area is 117 Å². The number of hydrogen-bond donors (Lipinski definition) is 2. The van der Waals surface area contributed by atoms with E-state index in [2.05, 4.69) is 0 Å². The summed E-state index contributed by atoms with van der Waals surface area (Å²) < 4.78 is 6.99. The molecule has 1 aromatic carbocycles. The molecule has 2 aromatic rings. The van der Waals surface area contributed by atoms with Gasteiger partial charge in [-0.05, 0) is 36.2 Å². The summed E-state index contributed by atoms with van der Waals surface area (Å²) in [6, 6.07) is 8.35. The second-order valence-electron chi connectivity index (χ2n) is 4.53.